The molecule has 0 N–H and O–H groups in total. The van der Waals surface area contributed by atoms with Crippen LogP contribution in [0.15, 0.2) is 30.3 Å². The molecule has 0 fully saturated rings. The van der Waals surface area contributed by atoms with Gasteiger partial charge in [0.15, 0.2) is 0 Å². The summed E-state index contributed by atoms with van der Waals surface area (Å²) in [6, 6.07) is 10.7. The molecule has 0 aliphatic carbocycles. The Hall–Kier alpha value is -0.300. The molecule has 0 nitrogen and oxygen atoms in total. The van der Waals surface area contributed by atoms with Crippen LogP contribution in [0, 0.1) is 0 Å². The van der Waals surface area contributed by atoms with Gasteiger partial charge in [-0.3, -0.25) is 0 Å². The molecule has 2 atom stereocenters. The van der Waals surface area contributed by atoms with Gasteiger partial charge >= 0.3 is 0 Å². The van der Waals surface area contributed by atoms with Crippen molar-refractivity contribution in [1.29, 1.82) is 0 Å². The highest BCUT2D eigenvalue weighted by atomic mass is 79.9. The maximum atomic E-state index is 3.64. The van der Waals surface area contributed by atoms with Gasteiger partial charge in [0.25, 0.3) is 0 Å². The SMILES string of the molecule is CCC(c1ccccc1)C(C)Br. The Labute approximate surface area is 83.1 Å². The second-order valence-corrected chi connectivity index (χ2v) is 4.55. The van der Waals surface area contributed by atoms with Gasteiger partial charge in [0.2, 0.25) is 0 Å². The zero-order valence-corrected chi connectivity index (χ0v) is 9.21. The van der Waals surface area contributed by atoms with Gasteiger partial charge in [0.1, 0.15) is 0 Å². The Kier molecular flexibility index (Phi) is 3.80. The molecule has 66 valence electrons. The number of alkyl halides is 1. The molecule has 2 unspecified atom stereocenters. The normalized spacial score (nSPS) is 15.6. The van der Waals surface area contributed by atoms with Crippen molar-refractivity contribution in [3.05, 3.63) is 35.9 Å². The Balaban J connectivity index is 2.80. The molecule has 1 heteroatoms. The quantitative estimate of drug-likeness (QED) is 0.685. The molecule has 1 rings (SSSR count). The van der Waals surface area contributed by atoms with Crippen LogP contribution in [0.3, 0.4) is 0 Å². The van der Waals surface area contributed by atoms with Crippen LogP contribution in [0.2, 0.25) is 0 Å². The largest absolute Gasteiger partial charge is 0.0887 e. The monoisotopic (exact) mass is 226 g/mol. The van der Waals surface area contributed by atoms with Crippen LogP contribution in [-0.4, -0.2) is 4.83 Å². The molecule has 0 bridgehead atoms. The lowest BCUT2D eigenvalue weighted by atomic mass is 9.94. The van der Waals surface area contributed by atoms with Crippen molar-refractivity contribution in [3.63, 3.8) is 0 Å². The number of benzene rings is 1. The van der Waals surface area contributed by atoms with Crippen molar-refractivity contribution < 1.29 is 0 Å². The summed E-state index contributed by atoms with van der Waals surface area (Å²) < 4.78 is 0. The highest BCUT2D eigenvalue weighted by Crippen LogP contribution is 2.27. The molecule has 0 saturated carbocycles. The molecule has 0 spiro atoms. The average molecular weight is 227 g/mol. The minimum absolute atomic E-state index is 0.560. The van der Waals surface area contributed by atoms with E-state index >= 15 is 0 Å². The first kappa shape index (κ1) is 9.79. The minimum atomic E-state index is 0.560. The fourth-order valence-electron chi connectivity index (χ4n) is 1.53. The standard InChI is InChI=1S/C11H15Br/c1-3-11(9(2)12)10-7-5-4-6-8-10/h4-9,11H,3H2,1-2H3. The smallest absolute Gasteiger partial charge is 0.0186 e. The third-order valence-electron chi connectivity index (χ3n) is 2.22. The number of halogens is 1. The van der Waals surface area contributed by atoms with E-state index in [0.29, 0.717) is 10.7 Å². The van der Waals surface area contributed by atoms with Crippen molar-refractivity contribution in [3.8, 4) is 0 Å². The fraction of sp³-hybridized carbons (Fsp3) is 0.455. The predicted octanol–water partition coefficient (Wildman–Crippen LogP) is 3.96. The van der Waals surface area contributed by atoms with E-state index < -0.39 is 0 Å². The van der Waals surface area contributed by atoms with Crippen molar-refractivity contribution in [2.75, 3.05) is 0 Å². The lowest BCUT2D eigenvalue weighted by Crippen LogP contribution is -2.07. The average Bonchev–Trinajstić information content (AvgIpc) is 2.07. The lowest BCUT2D eigenvalue weighted by molar-refractivity contribution is 0.663. The highest BCUT2D eigenvalue weighted by Gasteiger charge is 2.13. The third-order valence-corrected chi connectivity index (χ3v) is 2.86. The van der Waals surface area contributed by atoms with Gasteiger partial charge in [-0.1, -0.05) is 60.1 Å². The number of rotatable bonds is 3. The molecule has 0 saturated heterocycles. The van der Waals surface area contributed by atoms with E-state index in [1.807, 2.05) is 0 Å². The van der Waals surface area contributed by atoms with E-state index in [1.54, 1.807) is 0 Å². The van der Waals surface area contributed by atoms with Gasteiger partial charge in [-0.15, -0.1) is 0 Å². The van der Waals surface area contributed by atoms with Gasteiger partial charge in [-0.2, -0.15) is 0 Å². The summed E-state index contributed by atoms with van der Waals surface area (Å²) in [7, 11) is 0. The van der Waals surface area contributed by atoms with Crippen LogP contribution in [0.1, 0.15) is 31.7 Å². The lowest BCUT2D eigenvalue weighted by Gasteiger charge is -2.17. The summed E-state index contributed by atoms with van der Waals surface area (Å²) >= 11 is 3.64. The molecule has 0 aliphatic rings. The van der Waals surface area contributed by atoms with E-state index in [9.17, 15) is 0 Å². The van der Waals surface area contributed by atoms with Gasteiger partial charge in [-0.05, 0) is 17.9 Å². The predicted molar refractivity (Wildman–Crippen MR) is 57.9 cm³/mol. The van der Waals surface area contributed by atoms with E-state index in [4.69, 9.17) is 0 Å². The van der Waals surface area contributed by atoms with E-state index in [0.717, 1.165) is 0 Å². The zero-order chi connectivity index (χ0) is 8.97. The van der Waals surface area contributed by atoms with Crippen molar-refractivity contribution in [1.82, 2.24) is 0 Å². The van der Waals surface area contributed by atoms with Gasteiger partial charge in [0, 0.05) is 4.83 Å². The number of hydrogen-bond donors (Lipinski definition) is 0. The molecule has 0 heterocycles. The van der Waals surface area contributed by atoms with Crippen LogP contribution >= 0.6 is 15.9 Å². The van der Waals surface area contributed by atoms with Crippen LogP contribution in [0.25, 0.3) is 0 Å². The zero-order valence-electron chi connectivity index (χ0n) is 7.63. The Bertz CT molecular complexity index is 216. The fourth-order valence-corrected chi connectivity index (χ4v) is 2.20. The first-order valence-corrected chi connectivity index (χ1v) is 5.36. The van der Waals surface area contributed by atoms with E-state index in [-0.39, 0.29) is 0 Å². The second kappa shape index (κ2) is 4.66. The van der Waals surface area contributed by atoms with Crippen LogP contribution in [0.5, 0.6) is 0 Å². The maximum Gasteiger partial charge on any atom is 0.0186 e. The molecule has 0 radical (unpaired) electrons. The molecule has 0 aliphatic heterocycles. The van der Waals surface area contributed by atoms with Crippen molar-refractivity contribution in [2.24, 2.45) is 0 Å². The second-order valence-electron chi connectivity index (χ2n) is 3.10. The van der Waals surface area contributed by atoms with Crippen molar-refractivity contribution in [2.45, 2.75) is 31.0 Å². The van der Waals surface area contributed by atoms with Crippen LogP contribution < -0.4 is 0 Å². The summed E-state index contributed by atoms with van der Waals surface area (Å²) in [6.45, 7) is 4.44. The van der Waals surface area contributed by atoms with Gasteiger partial charge < -0.3 is 0 Å². The van der Waals surface area contributed by atoms with Gasteiger partial charge in [-0.25, -0.2) is 0 Å². The molecular weight excluding hydrogens is 212 g/mol. The first-order chi connectivity index (χ1) is 5.75. The summed E-state index contributed by atoms with van der Waals surface area (Å²) in [6.07, 6.45) is 1.19. The summed E-state index contributed by atoms with van der Waals surface area (Å²) in [5.41, 5.74) is 1.43. The molecular formula is C11H15Br. The maximum absolute atomic E-state index is 3.64. The van der Waals surface area contributed by atoms with Gasteiger partial charge in [0.05, 0.1) is 0 Å². The van der Waals surface area contributed by atoms with E-state index in [2.05, 4.69) is 60.1 Å². The van der Waals surface area contributed by atoms with E-state index in [1.165, 1.54) is 12.0 Å². The summed E-state index contributed by atoms with van der Waals surface area (Å²) in [5.74, 6) is 0.645. The Morgan fingerprint density at radius 3 is 2.25 bits per heavy atom. The van der Waals surface area contributed by atoms with Crippen molar-refractivity contribution >= 4 is 15.9 Å². The molecule has 0 aromatic heterocycles. The Morgan fingerprint density at radius 2 is 1.83 bits per heavy atom. The molecule has 1 aromatic rings. The highest BCUT2D eigenvalue weighted by molar-refractivity contribution is 9.09. The number of hydrogen-bond acceptors (Lipinski definition) is 0. The van der Waals surface area contributed by atoms with Crippen LogP contribution in [-0.2, 0) is 0 Å². The minimum Gasteiger partial charge on any atom is -0.0887 e. The topological polar surface area (TPSA) is 0 Å². The van der Waals surface area contributed by atoms with Crippen LogP contribution in [0.4, 0.5) is 0 Å². The first-order valence-electron chi connectivity index (χ1n) is 4.44. The summed E-state index contributed by atoms with van der Waals surface area (Å²) in [5, 5.41) is 0. The summed E-state index contributed by atoms with van der Waals surface area (Å²) in [4.78, 5) is 0.560. The molecule has 12 heavy (non-hydrogen) atoms. The third kappa shape index (κ3) is 2.34. The Morgan fingerprint density at radius 1 is 1.25 bits per heavy atom. The molecule has 0 amide bonds. The molecule has 1 aromatic carbocycles.